The van der Waals surface area contributed by atoms with E-state index in [0.717, 1.165) is 11.4 Å². The summed E-state index contributed by atoms with van der Waals surface area (Å²) in [4.78, 5) is 20.3. The maximum absolute atomic E-state index is 13.4. The van der Waals surface area contributed by atoms with Gasteiger partial charge in [-0.05, 0) is 32.0 Å². The standard InChI is InChI=1S/C14H14FN3OS/c1-9-7-10(2)18-14(17-9)20-8-16-13(19)11-5-3-4-6-12(11)15/h3-7H,8H2,1-2H3,(H,16,19). The maximum Gasteiger partial charge on any atom is 0.254 e. The number of hydrogen-bond acceptors (Lipinski definition) is 4. The molecule has 0 aliphatic heterocycles. The van der Waals surface area contributed by atoms with Crippen molar-refractivity contribution in [2.75, 3.05) is 5.88 Å². The third kappa shape index (κ3) is 3.77. The Bertz CT molecular complexity index is 613. The van der Waals surface area contributed by atoms with Crippen LogP contribution < -0.4 is 5.32 Å². The molecule has 0 aliphatic rings. The van der Waals surface area contributed by atoms with Crippen LogP contribution in [0.5, 0.6) is 0 Å². The van der Waals surface area contributed by atoms with E-state index in [0.29, 0.717) is 5.16 Å². The van der Waals surface area contributed by atoms with Crippen LogP contribution in [0, 0.1) is 19.7 Å². The summed E-state index contributed by atoms with van der Waals surface area (Å²) < 4.78 is 13.4. The molecule has 1 amide bonds. The van der Waals surface area contributed by atoms with Crippen molar-refractivity contribution in [3.8, 4) is 0 Å². The Labute approximate surface area is 120 Å². The number of carbonyl (C=O) groups excluding carboxylic acids is 1. The molecule has 0 saturated heterocycles. The van der Waals surface area contributed by atoms with Gasteiger partial charge in [-0.25, -0.2) is 14.4 Å². The third-order valence-corrected chi connectivity index (χ3v) is 3.24. The summed E-state index contributed by atoms with van der Waals surface area (Å²) in [6, 6.07) is 7.75. The molecule has 1 N–H and O–H groups in total. The van der Waals surface area contributed by atoms with Gasteiger partial charge >= 0.3 is 0 Å². The average Bonchev–Trinajstić information content (AvgIpc) is 2.38. The number of rotatable bonds is 4. The number of carbonyl (C=O) groups is 1. The first-order chi connectivity index (χ1) is 9.56. The molecule has 1 heterocycles. The zero-order chi connectivity index (χ0) is 14.5. The fourth-order valence-corrected chi connectivity index (χ4v) is 2.41. The number of halogens is 1. The van der Waals surface area contributed by atoms with Gasteiger partial charge in [0.05, 0.1) is 11.4 Å². The van der Waals surface area contributed by atoms with Crippen molar-refractivity contribution in [2.45, 2.75) is 19.0 Å². The fourth-order valence-electron chi connectivity index (χ4n) is 1.66. The van der Waals surface area contributed by atoms with E-state index in [1.165, 1.54) is 23.9 Å². The molecule has 0 spiro atoms. The van der Waals surface area contributed by atoms with Crippen molar-refractivity contribution in [3.63, 3.8) is 0 Å². The quantitative estimate of drug-likeness (QED) is 0.534. The Balaban J connectivity index is 1.93. The summed E-state index contributed by atoms with van der Waals surface area (Å²) in [6.07, 6.45) is 0. The minimum atomic E-state index is -0.530. The van der Waals surface area contributed by atoms with Crippen LogP contribution in [0.15, 0.2) is 35.5 Å². The van der Waals surface area contributed by atoms with Crippen molar-refractivity contribution in [1.29, 1.82) is 0 Å². The van der Waals surface area contributed by atoms with Crippen LogP contribution in [0.3, 0.4) is 0 Å². The highest BCUT2D eigenvalue weighted by atomic mass is 32.2. The predicted octanol–water partition coefficient (Wildman–Crippen LogP) is 2.71. The topological polar surface area (TPSA) is 54.9 Å². The summed E-state index contributed by atoms with van der Waals surface area (Å²) in [5.74, 6) is -0.687. The molecule has 0 unspecified atom stereocenters. The molecular formula is C14H14FN3OS. The second kappa shape index (κ2) is 6.47. The van der Waals surface area contributed by atoms with E-state index < -0.39 is 11.7 Å². The number of amides is 1. The second-order valence-electron chi connectivity index (χ2n) is 4.21. The number of aromatic nitrogens is 2. The number of benzene rings is 1. The highest BCUT2D eigenvalue weighted by molar-refractivity contribution is 7.99. The Kier molecular flexibility index (Phi) is 4.68. The summed E-state index contributed by atoms with van der Waals surface area (Å²) >= 11 is 1.30. The first-order valence-corrected chi connectivity index (χ1v) is 7.02. The van der Waals surface area contributed by atoms with Crippen LogP contribution in [0.4, 0.5) is 4.39 Å². The van der Waals surface area contributed by atoms with Gasteiger partial charge in [0.1, 0.15) is 5.82 Å². The second-order valence-corrected chi connectivity index (χ2v) is 5.15. The van der Waals surface area contributed by atoms with Gasteiger partial charge in [-0.2, -0.15) is 0 Å². The molecule has 2 aromatic rings. The Morgan fingerprint density at radius 1 is 1.25 bits per heavy atom. The smallest absolute Gasteiger partial charge is 0.254 e. The summed E-state index contributed by atoms with van der Waals surface area (Å²) in [5, 5.41) is 3.23. The molecule has 0 aliphatic carbocycles. The van der Waals surface area contributed by atoms with Crippen molar-refractivity contribution in [3.05, 3.63) is 53.1 Å². The minimum absolute atomic E-state index is 0.0365. The molecule has 20 heavy (non-hydrogen) atoms. The van der Waals surface area contributed by atoms with E-state index in [1.807, 2.05) is 19.9 Å². The molecular weight excluding hydrogens is 277 g/mol. The van der Waals surface area contributed by atoms with Gasteiger partial charge < -0.3 is 5.32 Å². The lowest BCUT2D eigenvalue weighted by Gasteiger charge is -2.06. The van der Waals surface area contributed by atoms with E-state index in [2.05, 4.69) is 15.3 Å². The SMILES string of the molecule is Cc1cc(C)nc(SCNC(=O)c2ccccc2F)n1. The van der Waals surface area contributed by atoms with Crippen LogP contribution in [-0.2, 0) is 0 Å². The highest BCUT2D eigenvalue weighted by Crippen LogP contribution is 2.13. The van der Waals surface area contributed by atoms with Crippen LogP contribution >= 0.6 is 11.8 Å². The summed E-state index contributed by atoms with van der Waals surface area (Å²) in [7, 11) is 0. The van der Waals surface area contributed by atoms with E-state index in [-0.39, 0.29) is 11.4 Å². The molecule has 0 saturated carbocycles. The number of hydrogen-bond donors (Lipinski definition) is 1. The van der Waals surface area contributed by atoms with Crippen molar-refractivity contribution in [2.24, 2.45) is 0 Å². The van der Waals surface area contributed by atoms with Crippen LogP contribution in [0.1, 0.15) is 21.7 Å². The third-order valence-electron chi connectivity index (χ3n) is 2.51. The molecule has 0 fully saturated rings. The van der Waals surface area contributed by atoms with Crippen LogP contribution in [0.25, 0.3) is 0 Å². The predicted molar refractivity (Wildman–Crippen MR) is 76.1 cm³/mol. The number of aryl methyl sites for hydroxylation is 2. The monoisotopic (exact) mass is 291 g/mol. The summed E-state index contributed by atoms with van der Waals surface area (Å²) in [5.41, 5.74) is 1.79. The molecule has 1 aromatic carbocycles. The van der Waals surface area contributed by atoms with Gasteiger partial charge in [-0.1, -0.05) is 23.9 Å². The Hall–Kier alpha value is -1.95. The van der Waals surface area contributed by atoms with Gasteiger partial charge in [-0.3, -0.25) is 4.79 Å². The van der Waals surface area contributed by atoms with Gasteiger partial charge in [0.2, 0.25) is 0 Å². The lowest BCUT2D eigenvalue weighted by Crippen LogP contribution is -2.23. The lowest BCUT2D eigenvalue weighted by atomic mass is 10.2. The molecule has 2 rings (SSSR count). The Morgan fingerprint density at radius 3 is 2.55 bits per heavy atom. The van der Waals surface area contributed by atoms with Crippen LogP contribution in [0.2, 0.25) is 0 Å². The lowest BCUT2D eigenvalue weighted by molar-refractivity contribution is 0.0957. The first-order valence-electron chi connectivity index (χ1n) is 6.04. The molecule has 0 bridgehead atoms. The zero-order valence-electron chi connectivity index (χ0n) is 11.2. The molecule has 4 nitrogen and oxygen atoms in total. The molecule has 0 radical (unpaired) electrons. The Morgan fingerprint density at radius 2 is 1.90 bits per heavy atom. The molecule has 1 aromatic heterocycles. The van der Waals surface area contributed by atoms with Gasteiger partial charge in [0, 0.05) is 11.4 Å². The normalized spacial score (nSPS) is 10.3. The number of nitrogens with one attached hydrogen (secondary N) is 1. The fraction of sp³-hybridized carbons (Fsp3) is 0.214. The van der Waals surface area contributed by atoms with E-state index in [1.54, 1.807) is 12.1 Å². The highest BCUT2D eigenvalue weighted by Gasteiger charge is 2.10. The van der Waals surface area contributed by atoms with Gasteiger partial charge in [0.25, 0.3) is 5.91 Å². The van der Waals surface area contributed by atoms with E-state index in [9.17, 15) is 9.18 Å². The largest absolute Gasteiger partial charge is 0.342 e. The van der Waals surface area contributed by atoms with Crippen molar-refractivity contribution >= 4 is 17.7 Å². The van der Waals surface area contributed by atoms with Crippen molar-refractivity contribution in [1.82, 2.24) is 15.3 Å². The van der Waals surface area contributed by atoms with Crippen LogP contribution in [-0.4, -0.2) is 21.8 Å². The summed E-state index contributed by atoms with van der Waals surface area (Å²) in [6.45, 7) is 3.77. The van der Waals surface area contributed by atoms with Gasteiger partial charge in [0.15, 0.2) is 5.16 Å². The average molecular weight is 291 g/mol. The van der Waals surface area contributed by atoms with Crippen molar-refractivity contribution < 1.29 is 9.18 Å². The van der Waals surface area contributed by atoms with Gasteiger partial charge in [-0.15, -0.1) is 0 Å². The number of nitrogens with zero attached hydrogens (tertiary/aromatic N) is 2. The van der Waals surface area contributed by atoms with E-state index >= 15 is 0 Å². The number of thioether (sulfide) groups is 1. The molecule has 104 valence electrons. The van der Waals surface area contributed by atoms with E-state index in [4.69, 9.17) is 0 Å². The molecule has 0 atom stereocenters. The first kappa shape index (κ1) is 14.5. The maximum atomic E-state index is 13.4. The zero-order valence-corrected chi connectivity index (χ0v) is 12.0. The molecule has 6 heteroatoms. The minimum Gasteiger partial charge on any atom is -0.342 e.